The van der Waals surface area contributed by atoms with Crippen LogP contribution in [0.25, 0.3) is 0 Å². The topological polar surface area (TPSA) is 78.3 Å². The third kappa shape index (κ3) is 4.80. The molecule has 4 rings (SSSR count). The molecule has 3 aromatic rings. The summed E-state index contributed by atoms with van der Waals surface area (Å²) in [5.74, 6) is 3.01. The standard InChI is InChI=1S/C24H26N4O3S/c1-4-12-28-23(19-14-18(19)16-8-6-5-7-9-16)26-27-24(28)32-15-22(29)25-20-13-17(30-2)10-11-21(20)31-3/h4-11,13,18-19H,1,12,14-15H2,2-3H3,(H,25,29). The van der Waals surface area contributed by atoms with E-state index in [0.717, 1.165) is 12.2 Å². The van der Waals surface area contributed by atoms with Crippen molar-refractivity contribution in [1.29, 1.82) is 0 Å². The zero-order chi connectivity index (χ0) is 22.5. The van der Waals surface area contributed by atoms with E-state index in [4.69, 9.17) is 9.47 Å². The molecule has 0 spiro atoms. The minimum atomic E-state index is -0.162. The first-order valence-electron chi connectivity index (χ1n) is 10.4. The maximum atomic E-state index is 12.6. The maximum Gasteiger partial charge on any atom is 0.234 e. The number of nitrogens with one attached hydrogen (secondary N) is 1. The highest BCUT2D eigenvalue weighted by molar-refractivity contribution is 7.99. The molecule has 1 aliphatic rings. The Labute approximate surface area is 191 Å². The van der Waals surface area contributed by atoms with Crippen molar-refractivity contribution in [2.75, 3.05) is 25.3 Å². The van der Waals surface area contributed by atoms with Crippen molar-refractivity contribution in [3.05, 3.63) is 72.6 Å². The number of allylic oxidation sites excluding steroid dienone is 1. The average molecular weight is 451 g/mol. The number of nitrogens with zero attached hydrogens (tertiary/aromatic N) is 3. The Bertz CT molecular complexity index is 1100. The van der Waals surface area contributed by atoms with Gasteiger partial charge < -0.3 is 19.4 Å². The number of methoxy groups -OCH3 is 2. The molecule has 1 heterocycles. The SMILES string of the molecule is C=CCn1c(SCC(=O)Nc2cc(OC)ccc2OC)nnc1C1CC1c1ccccc1. The van der Waals surface area contributed by atoms with E-state index in [2.05, 4.69) is 50.9 Å². The molecule has 1 aliphatic carbocycles. The van der Waals surface area contributed by atoms with Crippen molar-refractivity contribution in [2.24, 2.45) is 0 Å². The monoisotopic (exact) mass is 450 g/mol. The molecule has 1 fully saturated rings. The molecule has 2 atom stereocenters. The molecule has 1 N–H and O–H groups in total. The van der Waals surface area contributed by atoms with E-state index in [-0.39, 0.29) is 11.7 Å². The Balaban J connectivity index is 1.43. The van der Waals surface area contributed by atoms with Crippen LogP contribution in [0.15, 0.2) is 66.3 Å². The molecule has 1 amide bonds. The average Bonchev–Trinajstić information content (AvgIpc) is 3.52. The number of thioether (sulfide) groups is 1. The van der Waals surface area contributed by atoms with E-state index < -0.39 is 0 Å². The summed E-state index contributed by atoms with van der Waals surface area (Å²) in [5.41, 5.74) is 1.89. The lowest BCUT2D eigenvalue weighted by molar-refractivity contribution is -0.113. The van der Waals surface area contributed by atoms with Crippen LogP contribution in [-0.4, -0.2) is 40.6 Å². The van der Waals surface area contributed by atoms with Crippen LogP contribution in [0.3, 0.4) is 0 Å². The molecule has 0 radical (unpaired) electrons. The van der Waals surface area contributed by atoms with Crippen LogP contribution in [0.2, 0.25) is 0 Å². The maximum absolute atomic E-state index is 12.6. The lowest BCUT2D eigenvalue weighted by Crippen LogP contribution is -2.15. The molecule has 1 aromatic heterocycles. The molecule has 0 bridgehead atoms. The van der Waals surface area contributed by atoms with Gasteiger partial charge in [0.15, 0.2) is 5.16 Å². The van der Waals surface area contributed by atoms with E-state index in [0.29, 0.717) is 40.7 Å². The summed E-state index contributed by atoms with van der Waals surface area (Å²) < 4.78 is 12.6. The normalized spacial score (nSPS) is 16.9. The first-order valence-corrected chi connectivity index (χ1v) is 11.4. The van der Waals surface area contributed by atoms with Gasteiger partial charge in [0, 0.05) is 18.5 Å². The molecule has 0 saturated heterocycles. The minimum Gasteiger partial charge on any atom is -0.497 e. The number of carbonyl (C=O) groups excluding carboxylic acids is 1. The van der Waals surface area contributed by atoms with Crippen molar-refractivity contribution in [1.82, 2.24) is 14.8 Å². The van der Waals surface area contributed by atoms with Crippen LogP contribution in [-0.2, 0) is 11.3 Å². The van der Waals surface area contributed by atoms with Gasteiger partial charge in [-0.25, -0.2) is 0 Å². The number of hydrogen-bond donors (Lipinski definition) is 1. The van der Waals surface area contributed by atoms with E-state index in [9.17, 15) is 4.79 Å². The second kappa shape index (κ2) is 9.91. The quantitative estimate of drug-likeness (QED) is 0.362. The molecule has 1 saturated carbocycles. The number of carbonyl (C=O) groups is 1. The zero-order valence-corrected chi connectivity index (χ0v) is 19.0. The van der Waals surface area contributed by atoms with Crippen LogP contribution in [0, 0.1) is 0 Å². The summed E-state index contributed by atoms with van der Waals surface area (Å²) in [7, 11) is 3.14. The number of ether oxygens (including phenoxy) is 2. The second-order valence-electron chi connectivity index (χ2n) is 7.50. The van der Waals surface area contributed by atoms with Gasteiger partial charge in [-0.2, -0.15) is 0 Å². The number of amides is 1. The summed E-state index contributed by atoms with van der Waals surface area (Å²) in [6, 6.07) is 15.7. The van der Waals surface area contributed by atoms with Gasteiger partial charge in [0.25, 0.3) is 0 Å². The van der Waals surface area contributed by atoms with Gasteiger partial charge in [0.05, 0.1) is 25.7 Å². The molecule has 8 heteroatoms. The second-order valence-corrected chi connectivity index (χ2v) is 8.44. The van der Waals surface area contributed by atoms with Gasteiger partial charge in [-0.1, -0.05) is 48.2 Å². The summed E-state index contributed by atoms with van der Waals surface area (Å²) in [6.45, 7) is 4.48. The summed E-state index contributed by atoms with van der Waals surface area (Å²) in [4.78, 5) is 12.6. The molecule has 2 aromatic carbocycles. The minimum absolute atomic E-state index is 0.162. The molecular weight excluding hydrogens is 424 g/mol. The van der Waals surface area contributed by atoms with Gasteiger partial charge in [0.2, 0.25) is 5.91 Å². The number of anilines is 1. The van der Waals surface area contributed by atoms with Gasteiger partial charge in [-0.15, -0.1) is 16.8 Å². The van der Waals surface area contributed by atoms with Crippen molar-refractivity contribution >= 4 is 23.4 Å². The highest BCUT2D eigenvalue weighted by Crippen LogP contribution is 2.54. The fourth-order valence-electron chi connectivity index (χ4n) is 3.76. The molecule has 7 nitrogen and oxygen atoms in total. The molecule has 32 heavy (non-hydrogen) atoms. The predicted molar refractivity (Wildman–Crippen MR) is 126 cm³/mol. The number of rotatable bonds is 10. The first kappa shape index (κ1) is 22.0. The smallest absolute Gasteiger partial charge is 0.234 e. The molecule has 0 aliphatic heterocycles. The third-order valence-electron chi connectivity index (χ3n) is 5.42. The highest BCUT2D eigenvalue weighted by atomic mass is 32.2. The van der Waals surface area contributed by atoms with Crippen LogP contribution in [0.4, 0.5) is 5.69 Å². The zero-order valence-electron chi connectivity index (χ0n) is 18.2. The van der Waals surface area contributed by atoms with Crippen molar-refractivity contribution < 1.29 is 14.3 Å². The van der Waals surface area contributed by atoms with Gasteiger partial charge in [-0.05, 0) is 30.0 Å². The fourth-order valence-corrected chi connectivity index (χ4v) is 4.51. The summed E-state index contributed by atoms with van der Waals surface area (Å²) in [6.07, 6.45) is 2.89. The lowest BCUT2D eigenvalue weighted by Gasteiger charge is -2.12. The Morgan fingerprint density at radius 3 is 2.72 bits per heavy atom. The van der Waals surface area contributed by atoms with Crippen molar-refractivity contribution in [2.45, 2.75) is 30.0 Å². The lowest BCUT2D eigenvalue weighted by atomic mass is 10.1. The molecule has 166 valence electrons. The molecular formula is C24H26N4O3S. The number of aromatic nitrogens is 3. The summed E-state index contributed by atoms with van der Waals surface area (Å²) in [5, 5.41) is 12.4. The van der Waals surface area contributed by atoms with Gasteiger partial charge in [-0.3, -0.25) is 4.79 Å². The highest BCUT2D eigenvalue weighted by Gasteiger charge is 2.43. The Kier molecular flexibility index (Phi) is 6.80. The van der Waals surface area contributed by atoms with Crippen molar-refractivity contribution in [3.63, 3.8) is 0 Å². The Morgan fingerprint density at radius 2 is 2.00 bits per heavy atom. The van der Waals surface area contributed by atoms with Crippen LogP contribution >= 0.6 is 11.8 Å². The van der Waals surface area contributed by atoms with Gasteiger partial charge >= 0.3 is 0 Å². The van der Waals surface area contributed by atoms with Crippen LogP contribution < -0.4 is 14.8 Å². The predicted octanol–water partition coefficient (Wildman–Crippen LogP) is 4.48. The van der Waals surface area contributed by atoms with E-state index in [1.807, 2.05) is 12.1 Å². The number of benzene rings is 2. The van der Waals surface area contributed by atoms with Crippen molar-refractivity contribution in [3.8, 4) is 11.5 Å². The fraction of sp³-hybridized carbons (Fsp3) is 0.292. The Hall–Kier alpha value is -3.26. The first-order chi connectivity index (χ1) is 15.6. The number of hydrogen-bond acceptors (Lipinski definition) is 6. The van der Waals surface area contributed by atoms with E-state index in [1.165, 1.54) is 17.3 Å². The van der Waals surface area contributed by atoms with Gasteiger partial charge in [0.1, 0.15) is 17.3 Å². The van der Waals surface area contributed by atoms with E-state index >= 15 is 0 Å². The summed E-state index contributed by atoms with van der Waals surface area (Å²) >= 11 is 1.36. The van der Waals surface area contributed by atoms with Crippen LogP contribution in [0.1, 0.15) is 29.6 Å². The van der Waals surface area contributed by atoms with Crippen LogP contribution in [0.5, 0.6) is 11.5 Å². The Morgan fingerprint density at radius 1 is 1.19 bits per heavy atom. The van der Waals surface area contributed by atoms with E-state index in [1.54, 1.807) is 32.4 Å². The molecule has 2 unspecified atom stereocenters. The largest absolute Gasteiger partial charge is 0.497 e. The third-order valence-corrected chi connectivity index (χ3v) is 6.39.